The van der Waals surface area contributed by atoms with Crippen molar-refractivity contribution in [2.75, 3.05) is 0 Å². The highest BCUT2D eigenvalue weighted by molar-refractivity contribution is 6.08. The van der Waals surface area contributed by atoms with Crippen molar-refractivity contribution in [1.82, 2.24) is 5.32 Å². The van der Waals surface area contributed by atoms with Crippen LogP contribution in [0.4, 0.5) is 0 Å². The average molecular weight is 271 g/mol. The molecule has 0 aromatic carbocycles. The summed E-state index contributed by atoms with van der Waals surface area (Å²) in [7, 11) is 0. The van der Waals surface area contributed by atoms with Crippen LogP contribution < -0.4 is 5.32 Å². The first-order chi connectivity index (χ1) is 8.93. The van der Waals surface area contributed by atoms with Crippen LogP contribution in [0.2, 0.25) is 0 Å². The maximum atomic E-state index is 11.7. The summed E-state index contributed by atoms with van der Waals surface area (Å²) in [5.41, 5.74) is 0. The van der Waals surface area contributed by atoms with E-state index in [-0.39, 0.29) is 12.8 Å². The van der Waals surface area contributed by atoms with Crippen LogP contribution in [0.3, 0.4) is 0 Å². The Morgan fingerprint density at radius 3 is 1.89 bits per heavy atom. The number of carbonyl (C=O) groups is 4. The molecule has 2 amide bonds. The molecule has 106 valence electrons. The SMILES string of the molecule is CCCC(=O)OC1(OC(=O)CCC)CC(=O)NC1=O. The Morgan fingerprint density at radius 2 is 1.58 bits per heavy atom. The van der Waals surface area contributed by atoms with Crippen molar-refractivity contribution >= 4 is 23.8 Å². The summed E-state index contributed by atoms with van der Waals surface area (Å²) >= 11 is 0. The smallest absolute Gasteiger partial charge is 0.345 e. The molecule has 0 radical (unpaired) electrons. The van der Waals surface area contributed by atoms with E-state index in [1.54, 1.807) is 13.8 Å². The number of rotatable bonds is 6. The zero-order valence-electron chi connectivity index (χ0n) is 11.0. The fourth-order valence-corrected chi connectivity index (χ4v) is 1.62. The number of carbonyl (C=O) groups excluding carboxylic acids is 4. The molecule has 19 heavy (non-hydrogen) atoms. The normalized spacial score (nSPS) is 16.9. The zero-order chi connectivity index (χ0) is 14.5. The molecule has 0 saturated carbocycles. The Hall–Kier alpha value is -1.92. The molecule has 1 aliphatic rings. The number of esters is 2. The minimum atomic E-state index is -2.13. The summed E-state index contributed by atoms with van der Waals surface area (Å²) in [6.45, 7) is 3.52. The number of ether oxygens (including phenoxy) is 2. The molecule has 1 fully saturated rings. The lowest BCUT2D eigenvalue weighted by atomic mass is 10.2. The summed E-state index contributed by atoms with van der Waals surface area (Å²) in [5, 5.41) is 1.97. The van der Waals surface area contributed by atoms with Crippen LogP contribution in [0, 0.1) is 0 Å². The van der Waals surface area contributed by atoms with Crippen molar-refractivity contribution < 1.29 is 28.7 Å². The summed E-state index contributed by atoms with van der Waals surface area (Å²) in [5.74, 6) is -5.05. The van der Waals surface area contributed by atoms with Crippen LogP contribution in [0.5, 0.6) is 0 Å². The van der Waals surface area contributed by atoms with Crippen LogP contribution in [-0.4, -0.2) is 29.5 Å². The lowest BCUT2D eigenvalue weighted by Gasteiger charge is -2.25. The first-order valence-corrected chi connectivity index (χ1v) is 6.21. The third-order valence-electron chi connectivity index (χ3n) is 2.46. The second-order valence-corrected chi connectivity index (χ2v) is 4.26. The van der Waals surface area contributed by atoms with Crippen LogP contribution in [0.15, 0.2) is 0 Å². The van der Waals surface area contributed by atoms with Gasteiger partial charge in [-0.15, -0.1) is 0 Å². The second-order valence-electron chi connectivity index (χ2n) is 4.26. The molecule has 1 aliphatic heterocycles. The predicted octanol–water partition coefficient (Wildman–Crippen LogP) is 0.416. The van der Waals surface area contributed by atoms with Gasteiger partial charge in [0.25, 0.3) is 0 Å². The van der Waals surface area contributed by atoms with Crippen LogP contribution in [0.1, 0.15) is 46.0 Å². The molecule has 0 bridgehead atoms. The fourth-order valence-electron chi connectivity index (χ4n) is 1.62. The Balaban J connectivity index is 2.85. The van der Waals surface area contributed by atoms with Crippen molar-refractivity contribution in [1.29, 1.82) is 0 Å². The van der Waals surface area contributed by atoms with Crippen molar-refractivity contribution in [2.24, 2.45) is 0 Å². The third kappa shape index (κ3) is 3.77. The van der Waals surface area contributed by atoms with Crippen LogP contribution in [-0.2, 0) is 28.7 Å². The van der Waals surface area contributed by atoms with Crippen molar-refractivity contribution in [3.05, 3.63) is 0 Å². The number of hydrogen-bond acceptors (Lipinski definition) is 6. The summed E-state index contributed by atoms with van der Waals surface area (Å²) in [6.07, 6.45) is 0.709. The topological polar surface area (TPSA) is 98.8 Å². The monoisotopic (exact) mass is 271 g/mol. The van der Waals surface area contributed by atoms with E-state index in [1.165, 1.54) is 0 Å². The van der Waals surface area contributed by atoms with Crippen molar-refractivity contribution in [3.8, 4) is 0 Å². The van der Waals surface area contributed by atoms with Gasteiger partial charge >= 0.3 is 23.6 Å². The van der Waals surface area contributed by atoms with E-state index in [4.69, 9.17) is 9.47 Å². The molecule has 1 heterocycles. The minimum absolute atomic E-state index is 0.0779. The molecule has 0 aliphatic carbocycles. The van der Waals surface area contributed by atoms with E-state index in [0.717, 1.165) is 0 Å². The molecule has 7 nitrogen and oxygen atoms in total. The maximum absolute atomic E-state index is 11.7. The van der Waals surface area contributed by atoms with Gasteiger partial charge in [-0.2, -0.15) is 0 Å². The van der Waals surface area contributed by atoms with E-state index in [9.17, 15) is 19.2 Å². The molecule has 1 N–H and O–H groups in total. The van der Waals surface area contributed by atoms with Gasteiger partial charge in [0, 0.05) is 12.8 Å². The molecule has 0 unspecified atom stereocenters. The lowest BCUT2D eigenvalue weighted by Crippen LogP contribution is -2.46. The van der Waals surface area contributed by atoms with E-state index in [0.29, 0.717) is 12.8 Å². The Bertz CT molecular complexity index is 383. The highest BCUT2D eigenvalue weighted by Crippen LogP contribution is 2.25. The highest BCUT2D eigenvalue weighted by atomic mass is 16.7. The first kappa shape index (κ1) is 15.1. The number of imide groups is 1. The standard InChI is InChI=1S/C12H17NO6/c1-3-5-9(15)18-12(19-10(16)6-4-2)7-8(14)13-11(12)17/h3-7H2,1-2H3,(H,13,14,17). The van der Waals surface area contributed by atoms with Crippen molar-refractivity contribution in [2.45, 2.75) is 51.7 Å². The molecule has 0 spiro atoms. The minimum Gasteiger partial charge on any atom is -0.413 e. The molecule has 0 atom stereocenters. The van der Waals surface area contributed by atoms with Gasteiger partial charge in [0.15, 0.2) is 0 Å². The van der Waals surface area contributed by atoms with Crippen LogP contribution >= 0.6 is 0 Å². The average Bonchev–Trinajstić information content (AvgIpc) is 2.53. The van der Waals surface area contributed by atoms with E-state index in [1.807, 2.05) is 5.32 Å². The number of amides is 2. The van der Waals surface area contributed by atoms with Gasteiger partial charge in [-0.25, -0.2) is 0 Å². The van der Waals surface area contributed by atoms with Gasteiger partial charge in [0.1, 0.15) is 6.42 Å². The van der Waals surface area contributed by atoms with Gasteiger partial charge in [-0.05, 0) is 12.8 Å². The summed E-state index contributed by atoms with van der Waals surface area (Å²) in [4.78, 5) is 45.9. The highest BCUT2D eigenvalue weighted by Gasteiger charge is 2.54. The second kappa shape index (κ2) is 6.31. The quantitative estimate of drug-likeness (QED) is 0.427. The predicted molar refractivity (Wildman–Crippen MR) is 62.5 cm³/mol. The Labute approximate surface area is 110 Å². The lowest BCUT2D eigenvalue weighted by molar-refractivity contribution is -0.222. The van der Waals surface area contributed by atoms with Gasteiger partial charge in [-0.1, -0.05) is 13.8 Å². The Kier molecular flexibility index (Phi) is 5.02. The third-order valence-corrected chi connectivity index (χ3v) is 2.46. The molecular weight excluding hydrogens is 254 g/mol. The Morgan fingerprint density at radius 1 is 1.11 bits per heavy atom. The van der Waals surface area contributed by atoms with E-state index >= 15 is 0 Å². The summed E-state index contributed by atoms with van der Waals surface area (Å²) < 4.78 is 9.85. The molecular formula is C12H17NO6. The maximum Gasteiger partial charge on any atom is 0.345 e. The van der Waals surface area contributed by atoms with E-state index in [2.05, 4.69) is 0 Å². The van der Waals surface area contributed by atoms with E-state index < -0.39 is 36.0 Å². The number of hydrogen-bond donors (Lipinski definition) is 1. The number of nitrogens with one attached hydrogen (secondary N) is 1. The van der Waals surface area contributed by atoms with Gasteiger partial charge in [0.2, 0.25) is 5.91 Å². The van der Waals surface area contributed by atoms with Gasteiger partial charge < -0.3 is 9.47 Å². The van der Waals surface area contributed by atoms with Crippen LogP contribution in [0.25, 0.3) is 0 Å². The largest absolute Gasteiger partial charge is 0.413 e. The molecule has 7 heteroatoms. The van der Waals surface area contributed by atoms with Gasteiger partial charge in [0.05, 0.1) is 0 Å². The molecule has 0 aromatic rings. The molecule has 1 rings (SSSR count). The first-order valence-electron chi connectivity index (χ1n) is 6.21. The fraction of sp³-hybridized carbons (Fsp3) is 0.667. The molecule has 1 saturated heterocycles. The van der Waals surface area contributed by atoms with Gasteiger partial charge in [-0.3, -0.25) is 24.5 Å². The van der Waals surface area contributed by atoms with Crippen molar-refractivity contribution in [3.63, 3.8) is 0 Å². The zero-order valence-corrected chi connectivity index (χ0v) is 11.0. The molecule has 0 aromatic heterocycles. The summed E-state index contributed by atoms with van der Waals surface area (Å²) in [6, 6.07) is 0.